The van der Waals surface area contributed by atoms with Crippen LogP contribution in [0.25, 0.3) is 0 Å². The Hall–Kier alpha value is -2.17. The summed E-state index contributed by atoms with van der Waals surface area (Å²) >= 11 is 0. The molecular formula is C19H23NO3. The molecule has 0 aliphatic heterocycles. The van der Waals surface area contributed by atoms with Crippen molar-refractivity contribution in [1.82, 2.24) is 5.32 Å². The molecule has 4 heteroatoms. The van der Waals surface area contributed by atoms with E-state index in [-0.39, 0.29) is 5.97 Å². The van der Waals surface area contributed by atoms with Gasteiger partial charge in [0.2, 0.25) is 0 Å². The van der Waals surface area contributed by atoms with Gasteiger partial charge in [0.1, 0.15) is 0 Å². The second kappa shape index (κ2) is 9.08. The molecule has 0 aliphatic rings. The van der Waals surface area contributed by atoms with Crippen molar-refractivity contribution in [1.29, 1.82) is 0 Å². The molecular weight excluding hydrogens is 290 g/mol. The van der Waals surface area contributed by atoms with Gasteiger partial charge >= 0.3 is 5.97 Å². The molecule has 0 saturated heterocycles. The van der Waals surface area contributed by atoms with Gasteiger partial charge in [-0.1, -0.05) is 54.6 Å². The first kappa shape index (κ1) is 17.2. The van der Waals surface area contributed by atoms with Crippen LogP contribution in [-0.4, -0.2) is 31.3 Å². The maximum absolute atomic E-state index is 11.2. The first-order chi connectivity index (χ1) is 11.2. The summed E-state index contributed by atoms with van der Waals surface area (Å²) in [6.07, 6.45) is 0.692. The number of ether oxygens (including phenoxy) is 1. The predicted molar refractivity (Wildman–Crippen MR) is 90.1 cm³/mol. The number of carbonyl (C=O) groups is 1. The number of aliphatic hydroxyl groups excluding tert-OH is 1. The minimum absolute atomic E-state index is 0.227. The Morgan fingerprint density at radius 2 is 1.74 bits per heavy atom. The third kappa shape index (κ3) is 5.85. The summed E-state index contributed by atoms with van der Waals surface area (Å²) in [7, 11) is 1.40. The van der Waals surface area contributed by atoms with Crippen LogP contribution in [0.15, 0.2) is 54.6 Å². The standard InChI is InChI=1S/C19H23NO3/c1-23-19(22)13-16-9-7-15(8-10-16)11-12-20-14-18(21)17-5-3-2-4-6-17/h2-10,18,20-21H,11-14H2,1H3/t18-/m0/s1. The molecule has 0 saturated carbocycles. The van der Waals surface area contributed by atoms with E-state index in [2.05, 4.69) is 10.1 Å². The largest absolute Gasteiger partial charge is 0.469 e. The lowest BCUT2D eigenvalue weighted by Gasteiger charge is -2.12. The predicted octanol–water partition coefficient (Wildman–Crippen LogP) is 2.27. The molecule has 4 nitrogen and oxygen atoms in total. The highest BCUT2D eigenvalue weighted by molar-refractivity contribution is 5.72. The second-order valence-electron chi connectivity index (χ2n) is 5.45. The lowest BCUT2D eigenvalue weighted by atomic mass is 10.1. The number of carbonyl (C=O) groups excluding carboxylic acids is 1. The lowest BCUT2D eigenvalue weighted by molar-refractivity contribution is -0.139. The fourth-order valence-electron chi connectivity index (χ4n) is 2.33. The van der Waals surface area contributed by atoms with Gasteiger partial charge in [-0.05, 0) is 29.7 Å². The van der Waals surface area contributed by atoms with Crippen LogP contribution in [0.1, 0.15) is 22.8 Å². The average molecular weight is 313 g/mol. The molecule has 122 valence electrons. The molecule has 0 fully saturated rings. The van der Waals surface area contributed by atoms with Gasteiger partial charge in [-0.2, -0.15) is 0 Å². The lowest BCUT2D eigenvalue weighted by Crippen LogP contribution is -2.23. The van der Waals surface area contributed by atoms with Crippen LogP contribution >= 0.6 is 0 Å². The molecule has 23 heavy (non-hydrogen) atoms. The summed E-state index contributed by atoms with van der Waals surface area (Å²) < 4.78 is 4.65. The summed E-state index contributed by atoms with van der Waals surface area (Å²) in [5.41, 5.74) is 3.07. The van der Waals surface area contributed by atoms with Gasteiger partial charge in [-0.3, -0.25) is 4.79 Å². The number of esters is 1. The van der Waals surface area contributed by atoms with E-state index in [1.165, 1.54) is 12.7 Å². The Bertz CT molecular complexity index is 596. The van der Waals surface area contributed by atoms with Crippen molar-refractivity contribution in [2.75, 3.05) is 20.2 Å². The van der Waals surface area contributed by atoms with Crippen molar-refractivity contribution in [3.8, 4) is 0 Å². The molecule has 2 rings (SSSR count). The molecule has 0 bridgehead atoms. The molecule has 0 amide bonds. The van der Waals surface area contributed by atoms with Crippen molar-refractivity contribution in [2.24, 2.45) is 0 Å². The van der Waals surface area contributed by atoms with Crippen LogP contribution in [0.5, 0.6) is 0 Å². The summed E-state index contributed by atoms with van der Waals surface area (Å²) in [4.78, 5) is 11.2. The molecule has 2 aromatic carbocycles. The average Bonchev–Trinajstić information content (AvgIpc) is 2.60. The summed E-state index contributed by atoms with van der Waals surface area (Å²) in [6, 6.07) is 17.6. The number of methoxy groups -OCH3 is 1. The summed E-state index contributed by atoms with van der Waals surface area (Å²) in [6.45, 7) is 1.32. The van der Waals surface area contributed by atoms with Gasteiger partial charge in [-0.25, -0.2) is 0 Å². The highest BCUT2D eigenvalue weighted by Gasteiger charge is 2.06. The third-order valence-corrected chi connectivity index (χ3v) is 3.71. The molecule has 0 heterocycles. The smallest absolute Gasteiger partial charge is 0.309 e. The fraction of sp³-hybridized carbons (Fsp3) is 0.316. The molecule has 2 N–H and O–H groups in total. The number of aliphatic hydroxyl groups is 1. The zero-order valence-corrected chi connectivity index (χ0v) is 13.4. The van der Waals surface area contributed by atoms with Crippen molar-refractivity contribution in [2.45, 2.75) is 18.9 Å². The Balaban J connectivity index is 1.71. The number of hydrogen-bond donors (Lipinski definition) is 2. The van der Waals surface area contributed by atoms with E-state index in [0.29, 0.717) is 13.0 Å². The quantitative estimate of drug-likeness (QED) is 0.580. The molecule has 0 aromatic heterocycles. The van der Waals surface area contributed by atoms with Crippen molar-refractivity contribution in [3.63, 3.8) is 0 Å². The monoisotopic (exact) mass is 313 g/mol. The molecule has 0 radical (unpaired) electrons. The van der Waals surface area contributed by atoms with E-state index >= 15 is 0 Å². The molecule has 1 atom stereocenters. The van der Waals surface area contributed by atoms with Crippen molar-refractivity contribution < 1.29 is 14.6 Å². The SMILES string of the molecule is COC(=O)Cc1ccc(CCNC[C@H](O)c2ccccc2)cc1. The number of rotatable bonds is 8. The number of hydrogen-bond acceptors (Lipinski definition) is 4. The Morgan fingerprint density at radius 1 is 1.09 bits per heavy atom. The molecule has 0 spiro atoms. The first-order valence-corrected chi connectivity index (χ1v) is 7.77. The third-order valence-electron chi connectivity index (χ3n) is 3.71. The maximum atomic E-state index is 11.2. The van der Waals surface area contributed by atoms with E-state index in [1.807, 2.05) is 54.6 Å². The Morgan fingerprint density at radius 3 is 2.39 bits per heavy atom. The first-order valence-electron chi connectivity index (χ1n) is 7.77. The highest BCUT2D eigenvalue weighted by atomic mass is 16.5. The number of benzene rings is 2. The Kier molecular flexibility index (Phi) is 6.78. The minimum Gasteiger partial charge on any atom is -0.469 e. The van der Waals surface area contributed by atoms with Crippen LogP contribution in [0.2, 0.25) is 0 Å². The van der Waals surface area contributed by atoms with Gasteiger partial charge < -0.3 is 15.2 Å². The van der Waals surface area contributed by atoms with E-state index in [0.717, 1.165) is 24.1 Å². The second-order valence-corrected chi connectivity index (χ2v) is 5.45. The van der Waals surface area contributed by atoms with Gasteiger partial charge in [0, 0.05) is 6.54 Å². The molecule has 0 aliphatic carbocycles. The van der Waals surface area contributed by atoms with Gasteiger partial charge in [-0.15, -0.1) is 0 Å². The van der Waals surface area contributed by atoms with E-state index in [4.69, 9.17) is 0 Å². The van der Waals surface area contributed by atoms with Crippen molar-refractivity contribution >= 4 is 5.97 Å². The van der Waals surface area contributed by atoms with Crippen molar-refractivity contribution in [3.05, 3.63) is 71.3 Å². The maximum Gasteiger partial charge on any atom is 0.309 e. The van der Waals surface area contributed by atoms with E-state index < -0.39 is 6.10 Å². The zero-order valence-electron chi connectivity index (χ0n) is 13.4. The minimum atomic E-state index is -0.487. The van der Waals surface area contributed by atoms with Gasteiger partial charge in [0.15, 0.2) is 0 Å². The van der Waals surface area contributed by atoms with Crippen LogP contribution in [0, 0.1) is 0 Å². The molecule has 2 aromatic rings. The van der Waals surface area contributed by atoms with E-state index in [1.54, 1.807) is 0 Å². The van der Waals surface area contributed by atoms with Gasteiger partial charge in [0.25, 0.3) is 0 Å². The zero-order chi connectivity index (χ0) is 16.5. The topological polar surface area (TPSA) is 58.6 Å². The van der Waals surface area contributed by atoms with E-state index in [9.17, 15) is 9.90 Å². The fourth-order valence-corrected chi connectivity index (χ4v) is 2.33. The van der Waals surface area contributed by atoms with Crippen LogP contribution < -0.4 is 5.32 Å². The molecule has 0 unspecified atom stereocenters. The summed E-state index contributed by atoms with van der Waals surface area (Å²) in [5, 5.41) is 13.3. The highest BCUT2D eigenvalue weighted by Crippen LogP contribution is 2.10. The summed E-state index contributed by atoms with van der Waals surface area (Å²) in [5.74, 6) is -0.227. The van der Waals surface area contributed by atoms with Crippen LogP contribution in [-0.2, 0) is 22.4 Å². The normalized spacial score (nSPS) is 11.9. The van der Waals surface area contributed by atoms with Crippen LogP contribution in [0.4, 0.5) is 0 Å². The number of nitrogens with one attached hydrogen (secondary N) is 1. The van der Waals surface area contributed by atoms with Gasteiger partial charge in [0.05, 0.1) is 19.6 Å². The van der Waals surface area contributed by atoms with Crippen LogP contribution in [0.3, 0.4) is 0 Å². The Labute approximate surface area is 137 Å².